The van der Waals surface area contributed by atoms with Crippen LogP contribution in [0, 0.1) is 5.92 Å². The average Bonchev–Trinajstić information content (AvgIpc) is 2.87. The van der Waals surface area contributed by atoms with Crippen molar-refractivity contribution in [3.8, 4) is 0 Å². The topological polar surface area (TPSA) is 69.6 Å². The third-order valence-corrected chi connectivity index (χ3v) is 4.80. The van der Waals surface area contributed by atoms with Crippen molar-refractivity contribution in [1.29, 1.82) is 0 Å². The van der Waals surface area contributed by atoms with Gasteiger partial charge in [0, 0.05) is 13.1 Å². The highest BCUT2D eigenvalue weighted by atomic mass is 32.1. The number of thiophene rings is 1. The summed E-state index contributed by atoms with van der Waals surface area (Å²) in [7, 11) is 1.78. The lowest BCUT2D eigenvalue weighted by Crippen LogP contribution is -2.41. The summed E-state index contributed by atoms with van der Waals surface area (Å²) in [5.41, 5.74) is 0.147. The third-order valence-electron chi connectivity index (χ3n) is 3.97. The number of nitrogens with one attached hydrogen (secondary N) is 1. The Hall–Kier alpha value is -1.56. The van der Waals surface area contributed by atoms with Crippen molar-refractivity contribution >= 4 is 28.3 Å². The van der Waals surface area contributed by atoms with E-state index in [4.69, 9.17) is 5.11 Å². The van der Waals surface area contributed by atoms with Gasteiger partial charge in [0.15, 0.2) is 0 Å². The molecule has 0 unspecified atom stereocenters. The van der Waals surface area contributed by atoms with Crippen LogP contribution in [-0.2, 0) is 0 Å². The van der Waals surface area contributed by atoms with Crippen molar-refractivity contribution in [2.75, 3.05) is 12.4 Å². The second-order valence-corrected chi connectivity index (χ2v) is 6.34. The van der Waals surface area contributed by atoms with Crippen molar-refractivity contribution in [3.63, 3.8) is 0 Å². The monoisotopic (exact) mass is 296 g/mol. The SMILES string of the molecule is CC1CCC(N(C)C(=O)Nc2sccc2C(=O)O)CC1. The molecule has 1 heterocycles. The van der Waals surface area contributed by atoms with Gasteiger partial charge in [-0.25, -0.2) is 9.59 Å². The van der Waals surface area contributed by atoms with E-state index in [2.05, 4.69) is 12.2 Å². The van der Waals surface area contributed by atoms with Crippen molar-refractivity contribution in [2.24, 2.45) is 5.92 Å². The first kappa shape index (κ1) is 14.8. The number of nitrogens with zero attached hydrogens (tertiary/aromatic N) is 1. The summed E-state index contributed by atoms with van der Waals surface area (Å²) in [5, 5.41) is 13.8. The molecule has 6 heteroatoms. The summed E-state index contributed by atoms with van der Waals surface area (Å²) in [6, 6.07) is 1.53. The molecule has 0 saturated heterocycles. The van der Waals surface area contributed by atoms with Gasteiger partial charge in [0.05, 0.1) is 5.56 Å². The first-order valence-corrected chi connectivity index (χ1v) is 7.71. The van der Waals surface area contributed by atoms with Crippen LogP contribution in [-0.4, -0.2) is 35.1 Å². The third kappa shape index (κ3) is 3.30. The number of hydrogen-bond acceptors (Lipinski definition) is 3. The zero-order chi connectivity index (χ0) is 14.7. The molecule has 0 radical (unpaired) electrons. The molecular formula is C14H20N2O3S. The fraction of sp³-hybridized carbons (Fsp3) is 0.571. The van der Waals surface area contributed by atoms with E-state index < -0.39 is 5.97 Å². The number of amides is 2. The predicted molar refractivity (Wildman–Crippen MR) is 79.5 cm³/mol. The maximum Gasteiger partial charge on any atom is 0.338 e. The summed E-state index contributed by atoms with van der Waals surface area (Å²) >= 11 is 1.23. The van der Waals surface area contributed by atoms with Crippen LogP contribution < -0.4 is 5.32 Å². The molecule has 1 aromatic rings. The lowest BCUT2D eigenvalue weighted by Gasteiger charge is -2.33. The Morgan fingerprint density at radius 2 is 2.00 bits per heavy atom. The molecule has 1 aliphatic rings. The van der Waals surface area contributed by atoms with Crippen LogP contribution in [0.5, 0.6) is 0 Å². The van der Waals surface area contributed by atoms with Gasteiger partial charge < -0.3 is 10.0 Å². The molecule has 2 rings (SSSR count). The predicted octanol–water partition coefficient (Wildman–Crippen LogP) is 3.49. The zero-order valence-corrected chi connectivity index (χ0v) is 12.6. The van der Waals surface area contributed by atoms with Crippen LogP contribution in [0.3, 0.4) is 0 Å². The second-order valence-electron chi connectivity index (χ2n) is 5.42. The van der Waals surface area contributed by atoms with Crippen LogP contribution in [0.1, 0.15) is 43.0 Å². The van der Waals surface area contributed by atoms with Gasteiger partial charge in [-0.1, -0.05) is 6.92 Å². The molecule has 0 atom stereocenters. The van der Waals surface area contributed by atoms with E-state index in [0.717, 1.165) is 31.6 Å². The van der Waals surface area contributed by atoms with Crippen LogP contribution in [0.25, 0.3) is 0 Å². The van der Waals surface area contributed by atoms with E-state index in [0.29, 0.717) is 5.00 Å². The molecule has 5 nitrogen and oxygen atoms in total. The Morgan fingerprint density at radius 3 is 2.60 bits per heavy atom. The summed E-state index contributed by atoms with van der Waals surface area (Å²) in [4.78, 5) is 24.9. The number of carboxylic acids is 1. The van der Waals surface area contributed by atoms with Gasteiger partial charge in [0.2, 0.25) is 0 Å². The number of anilines is 1. The molecule has 1 aliphatic carbocycles. The number of hydrogen-bond donors (Lipinski definition) is 2. The number of urea groups is 1. The number of carboxylic acid groups (broad SMARTS) is 1. The molecule has 2 N–H and O–H groups in total. The Kier molecular flexibility index (Phi) is 4.65. The van der Waals surface area contributed by atoms with E-state index in [1.807, 2.05) is 0 Å². The normalized spacial score (nSPS) is 22.3. The Bertz CT molecular complexity index is 492. The van der Waals surface area contributed by atoms with Crippen molar-refractivity contribution in [1.82, 2.24) is 4.90 Å². The van der Waals surface area contributed by atoms with E-state index in [-0.39, 0.29) is 17.6 Å². The first-order chi connectivity index (χ1) is 9.49. The fourth-order valence-electron chi connectivity index (χ4n) is 2.56. The summed E-state index contributed by atoms with van der Waals surface area (Å²) in [5.74, 6) is -0.283. The highest BCUT2D eigenvalue weighted by Crippen LogP contribution is 2.28. The van der Waals surface area contributed by atoms with Crippen molar-refractivity contribution in [3.05, 3.63) is 17.0 Å². The van der Waals surface area contributed by atoms with E-state index in [1.165, 1.54) is 17.4 Å². The first-order valence-electron chi connectivity index (χ1n) is 6.83. The minimum atomic E-state index is -1.02. The van der Waals surface area contributed by atoms with Gasteiger partial charge in [-0.3, -0.25) is 5.32 Å². The average molecular weight is 296 g/mol. The number of carbonyl (C=O) groups is 2. The Labute approximate surface area is 122 Å². The van der Waals surface area contributed by atoms with Crippen LogP contribution in [0.2, 0.25) is 0 Å². The molecular weight excluding hydrogens is 276 g/mol. The molecule has 0 aromatic carbocycles. The minimum Gasteiger partial charge on any atom is -0.478 e. The van der Waals surface area contributed by atoms with Gasteiger partial charge in [0.1, 0.15) is 5.00 Å². The molecule has 20 heavy (non-hydrogen) atoms. The summed E-state index contributed by atoms with van der Waals surface area (Å²) < 4.78 is 0. The fourth-order valence-corrected chi connectivity index (χ4v) is 3.32. The van der Waals surface area contributed by atoms with Gasteiger partial charge in [-0.15, -0.1) is 11.3 Å². The van der Waals surface area contributed by atoms with Crippen molar-refractivity contribution < 1.29 is 14.7 Å². The van der Waals surface area contributed by atoms with E-state index in [1.54, 1.807) is 17.3 Å². The maximum atomic E-state index is 12.2. The van der Waals surface area contributed by atoms with Crippen LogP contribution >= 0.6 is 11.3 Å². The molecule has 2 amide bonds. The molecule has 0 spiro atoms. The lowest BCUT2D eigenvalue weighted by atomic mass is 9.87. The van der Waals surface area contributed by atoms with Gasteiger partial charge in [0.25, 0.3) is 0 Å². The minimum absolute atomic E-state index is 0.147. The smallest absolute Gasteiger partial charge is 0.338 e. The molecule has 1 fully saturated rings. The Morgan fingerprint density at radius 1 is 1.35 bits per heavy atom. The van der Waals surface area contributed by atoms with E-state index in [9.17, 15) is 9.59 Å². The standard InChI is InChI=1S/C14H20N2O3S/c1-9-3-5-10(6-4-9)16(2)14(19)15-12-11(13(17)18)7-8-20-12/h7-10H,3-6H2,1-2H3,(H,15,19)(H,17,18). The summed E-state index contributed by atoms with van der Waals surface area (Å²) in [6.07, 6.45) is 4.31. The van der Waals surface area contributed by atoms with Gasteiger partial charge in [-0.2, -0.15) is 0 Å². The number of aromatic carboxylic acids is 1. The van der Waals surface area contributed by atoms with Crippen molar-refractivity contribution in [2.45, 2.75) is 38.6 Å². The van der Waals surface area contributed by atoms with Gasteiger partial charge >= 0.3 is 12.0 Å². The number of carbonyl (C=O) groups excluding carboxylic acids is 1. The van der Waals surface area contributed by atoms with Gasteiger partial charge in [-0.05, 0) is 43.0 Å². The molecule has 0 bridgehead atoms. The Balaban J connectivity index is 1.97. The maximum absolute atomic E-state index is 12.2. The highest BCUT2D eigenvalue weighted by molar-refractivity contribution is 7.14. The zero-order valence-electron chi connectivity index (χ0n) is 11.8. The molecule has 1 saturated carbocycles. The molecule has 0 aliphatic heterocycles. The van der Waals surface area contributed by atoms with Crippen LogP contribution in [0.15, 0.2) is 11.4 Å². The highest BCUT2D eigenvalue weighted by Gasteiger charge is 2.25. The summed E-state index contributed by atoms with van der Waals surface area (Å²) in [6.45, 7) is 2.24. The molecule has 1 aromatic heterocycles. The van der Waals surface area contributed by atoms with E-state index >= 15 is 0 Å². The quantitative estimate of drug-likeness (QED) is 0.897. The lowest BCUT2D eigenvalue weighted by molar-refractivity contribution is 0.0698. The number of rotatable bonds is 3. The van der Waals surface area contributed by atoms with Crippen LogP contribution in [0.4, 0.5) is 9.80 Å². The molecule has 110 valence electrons. The largest absolute Gasteiger partial charge is 0.478 e. The second kappa shape index (κ2) is 6.26.